The van der Waals surface area contributed by atoms with Crippen LogP contribution < -0.4 is 0 Å². The highest BCUT2D eigenvalue weighted by atomic mass is 16.3. The van der Waals surface area contributed by atoms with Crippen molar-refractivity contribution in [1.29, 1.82) is 0 Å². The maximum absolute atomic E-state index is 9.12. The fourth-order valence-electron chi connectivity index (χ4n) is 1.74. The molecule has 1 N–H and O–H groups in total. The van der Waals surface area contributed by atoms with Crippen molar-refractivity contribution in [2.24, 2.45) is 0 Å². The molecule has 1 aromatic heterocycles. The highest BCUT2D eigenvalue weighted by molar-refractivity contribution is 5.09. The van der Waals surface area contributed by atoms with Gasteiger partial charge in [-0.3, -0.25) is 0 Å². The van der Waals surface area contributed by atoms with E-state index in [-0.39, 0.29) is 5.88 Å². The Morgan fingerprint density at radius 1 is 1.33 bits per heavy atom. The summed E-state index contributed by atoms with van der Waals surface area (Å²) in [5, 5.41) is 9.12. The van der Waals surface area contributed by atoms with Crippen LogP contribution in [-0.4, -0.2) is 15.1 Å². The molecule has 0 amide bonds. The van der Waals surface area contributed by atoms with Gasteiger partial charge in [0, 0.05) is 18.2 Å². The molecule has 3 heteroatoms. The summed E-state index contributed by atoms with van der Waals surface area (Å²) in [6, 6.07) is 1.51. The van der Waals surface area contributed by atoms with E-state index in [1.165, 1.54) is 31.7 Å². The van der Waals surface area contributed by atoms with Gasteiger partial charge in [-0.05, 0) is 12.8 Å². The molecule has 0 aliphatic heterocycles. The highest BCUT2D eigenvalue weighted by Crippen LogP contribution is 2.32. The molecule has 0 unspecified atom stereocenters. The van der Waals surface area contributed by atoms with Crippen LogP contribution in [0.3, 0.4) is 0 Å². The molecular weight excluding hydrogens is 152 g/mol. The van der Waals surface area contributed by atoms with Crippen molar-refractivity contribution in [1.82, 2.24) is 9.97 Å². The molecule has 1 saturated carbocycles. The Balaban J connectivity index is 2.21. The summed E-state index contributed by atoms with van der Waals surface area (Å²) in [6.07, 6.45) is 6.50. The predicted octanol–water partition coefficient (Wildman–Crippen LogP) is 1.84. The van der Waals surface area contributed by atoms with Crippen LogP contribution in [0, 0.1) is 0 Å². The van der Waals surface area contributed by atoms with Crippen LogP contribution in [0.4, 0.5) is 0 Å². The van der Waals surface area contributed by atoms with Crippen molar-refractivity contribution >= 4 is 0 Å². The van der Waals surface area contributed by atoms with Gasteiger partial charge in [0.25, 0.3) is 0 Å². The molecule has 0 spiro atoms. The lowest BCUT2D eigenvalue weighted by atomic mass is 10.1. The first-order chi connectivity index (χ1) is 5.86. The second-order valence-electron chi connectivity index (χ2n) is 3.25. The van der Waals surface area contributed by atoms with E-state index in [4.69, 9.17) is 5.11 Å². The molecule has 1 heterocycles. The van der Waals surface area contributed by atoms with Gasteiger partial charge in [0.15, 0.2) is 0 Å². The third-order valence-corrected chi connectivity index (χ3v) is 2.38. The molecule has 12 heavy (non-hydrogen) atoms. The van der Waals surface area contributed by atoms with E-state index in [9.17, 15) is 0 Å². The van der Waals surface area contributed by atoms with E-state index in [1.54, 1.807) is 6.20 Å². The molecule has 1 aromatic rings. The van der Waals surface area contributed by atoms with Gasteiger partial charge in [0.1, 0.15) is 5.82 Å². The summed E-state index contributed by atoms with van der Waals surface area (Å²) in [5.41, 5.74) is 0. The monoisotopic (exact) mass is 164 g/mol. The topological polar surface area (TPSA) is 46.0 Å². The van der Waals surface area contributed by atoms with Gasteiger partial charge in [0.2, 0.25) is 5.88 Å². The van der Waals surface area contributed by atoms with E-state index in [0.29, 0.717) is 5.92 Å². The van der Waals surface area contributed by atoms with Crippen LogP contribution in [0.15, 0.2) is 12.3 Å². The molecule has 1 aliphatic carbocycles. The third kappa shape index (κ3) is 1.40. The van der Waals surface area contributed by atoms with E-state index in [2.05, 4.69) is 9.97 Å². The zero-order valence-corrected chi connectivity index (χ0v) is 6.90. The first kappa shape index (κ1) is 7.53. The average Bonchev–Trinajstić information content (AvgIpc) is 2.56. The Labute approximate surface area is 71.5 Å². The van der Waals surface area contributed by atoms with E-state index < -0.39 is 0 Å². The lowest BCUT2D eigenvalue weighted by Gasteiger charge is -2.05. The van der Waals surface area contributed by atoms with Gasteiger partial charge in [0.05, 0.1) is 0 Å². The Morgan fingerprint density at radius 3 is 2.75 bits per heavy atom. The van der Waals surface area contributed by atoms with E-state index in [1.807, 2.05) is 0 Å². The number of aromatic nitrogens is 2. The molecule has 3 nitrogen and oxygen atoms in total. The smallest absolute Gasteiger partial charge is 0.214 e. The number of nitrogens with zero attached hydrogens (tertiary/aromatic N) is 2. The maximum Gasteiger partial charge on any atom is 0.214 e. The minimum atomic E-state index is 0.0897. The summed E-state index contributed by atoms with van der Waals surface area (Å²) in [5.74, 6) is 1.39. The lowest BCUT2D eigenvalue weighted by molar-refractivity contribution is 0.445. The van der Waals surface area contributed by atoms with Crippen molar-refractivity contribution in [3.8, 4) is 5.88 Å². The zero-order valence-electron chi connectivity index (χ0n) is 6.90. The normalized spacial score (nSPS) is 18.3. The molecule has 0 bridgehead atoms. The zero-order chi connectivity index (χ0) is 8.39. The van der Waals surface area contributed by atoms with Gasteiger partial charge < -0.3 is 5.11 Å². The second-order valence-corrected chi connectivity index (χ2v) is 3.25. The van der Waals surface area contributed by atoms with Crippen LogP contribution in [0.1, 0.15) is 37.4 Å². The number of hydrogen-bond acceptors (Lipinski definition) is 3. The molecule has 0 atom stereocenters. The van der Waals surface area contributed by atoms with Crippen LogP contribution in [0.2, 0.25) is 0 Å². The van der Waals surface area contributed by atoms with Crippen molar-refractivity contribution < 1.29 is 5.11 Å². The van der Waals surface area contributed by atoms with Crippen LogP contribution >= 0.6 is 0 Å². The van der Waals surface area contributed by atoms with Crippen LogP contribution in [0.25, 0.3) is 0 Å². The first-order valence-corrected chi connectivity index (χ1v) is 4.38. The largest absolute Gasteiger partial charge is 0.493 e. The average molecular weight is 164 g/mol. The van der Waals surface area contributed by atoms with Crippen LogP contribution in [-0.2, 0) is 0 Å². The van der Waals surface area contributed by atoms with Gasteiger partial charge in [-0.15, -0.1) is 0 Å². The molecule has 2 rings (SSSR count). The van der Waals surface area contributed by atoms with Crippen LogP contribution in [0.5, 0.6) is 5.88 Å². The van der Waals surface area contributed by atoms with E-state index in [0.717, 1.165) is 5.82 Å². The summed E-state index contributed by atoms with van der Waals surface area (Å²) in [4.78, 5) is 8.15. The fraction of sp³-hybridized carbons (Fsp3) is 0.556. The lowest BCUT2D eigenvalue weighted by Crippen LogP contribution is -1.98. The van der Waals surface area contributed by atoms with Gasteiger partial charge >= 0.3 is 0 Å². The maximum atomic E-state index is 9.12. The van der Waals surface area contributed by atoms with Crippen molar-refractivity contribution in [2.45, 2.75) is 31.6 Å². The Morgan fingerprint density at radius 2 is 2.08 bits per heavy atom. The minimum Gasteiger partial charge on any atom is -0.493 e. The van der Waals surface area contributed by atoms with Crippen molar-refractivity contribution in [3.05, 3.63) is 18.1 Å². The quantitative estimate of drug-likeness (QED) is 0.688. The van der Waals surface area contributed by atoms with Gasteiger partial charge in [-0.25, -0.2) is 4.98 Å². The molecule has 64 valence electrons. The summed E-state index contributed by atoms with van der Waals surface area (Å²) in [7, 11) is 0. The molecule has 1 aliphatic rings. The first-order valence-electron chi connectivity index (χ1n) is 4.38. The second kappa shape index (κ2) is 3.09. The number of aromatic hydroxyl groups is 1. The summed E-state index contributed by atoms with van der Waals surface area (Å²) in [6.45, 7) is 0. The molecule has 0 saturated heterocycles. The van der Waals surface area contributed by atoms with Crippen molar-refractivity contribution in [3.63, 3.8) is 0 Å². The third-order valence-electron chi connectivity index (χ3n) is 2.38. The minimum absolute atomic E-state index is 0.0897. The Bertz CT molecular complexity index is 269. The number of hydrogen-bond donors (Lipinski definition) is 1. The Hall–Kier alpha value is -1.12. The van der Waals surface area contributed by atoms with Gasteiger partial charge in [-0.2, -0.15) is 4.98 Å². The summed E-state index contributed by atoms with van der Waals surface area (Å²) < 4.78 is 0. The van der Waals surface area contributed by atoms with E-state index >= 15 is 0 Å². The SMILES string of the molecule is Oc1ccnc(C2CCCC2)n1. The predicted molar refractivity (Wildman–Crippen MR) is 44.9 cm³/mol. The summed E-state index contributed by atoms with van der Waals surface area (Å²) >= 11 is 0. The standard InChI is InChI=1S/C9H12N2O/c12-8-5-6-10-9(11-8)7-3-1-2-4-7/h5-7H,1-4H2,(H,10,11,12). The highest BCUT2D eigenvalue weighted by Gasteiger charge is 2.19. The molecule has 0 aromatic carbocycles. The molecule has 1 fully saturated rings. The number of rotatable bonds is 1. The Kier molecular flexibility index (Phi) is 1.94. The molecular formula is C9H12N2O. The molecule has 0 radical (unpaired) electrons. The van der Waals surface area contributed by atoms with Crippen molar-refractivity contribution in [2.75, 3.05) is 0 Å². The van der Waals surface area contributed by atoms with Gasteiger partial charge in [-0.1, -0.05) is 12.8 Å². The fourth-order valence-corrected chi connectivity index (χ4v) is 1.74.